The molecule has 2 atom stereocenters. The summed E-state index contributed by atoms with van der Waals surface area (Å²) < 4.78 is 173. The summed E-state index contributed by atoms with van der Waals surface area (Å²) in [6, 6.07) is 6.89. The molecule has 0 heterocycles. The fourth-order valence-electron chi connectivity index (χ4n) is 3.40. The van der Waals surface area contributed by atoms with Crippen LogP contribution in [-0.2, 0) is 4.79 Å². The van der Waals surface area contributed by atoms with E-state index in [0.717, 1.165) is 0 Å². The van der Waals surface area contributed by atoms with Crippen LogP contribution >= 0.6 is 0 Å². The second-order valence-corrected chi connectivity index (χ2v) is 7.32. The maximum atomic E-state index is 14.4. The molecule has 0 saturated heterocycles. The smallest absolute Gasteiger partial charge is 0.299 e. The predicted octanol–water partition coefficient (Wildman–Crippen LogP) is 6.88. The molecule has 2 rings (SSSR count). The zero-order valence-corrected chi connectivity index (χ0v) is 15.5. The van der Waals surface area contributed by atoms with Crippen LogP contribution < -0.4 is 0 Å². The number of Topliss-reactive ketones (excluding diaryl/α,β-unsaturated/α-hetero) is 1. The van der Waals surface area contributed by atoms with Gasteiger partial charge < -0.3 is 0 Å². The molecule has 2 unspecified atom stereocenters. The summed E-state index contributed by atoms with van der Waals surface area (Å²) >= 11 is 0. The van der Waals surface area contributed by atoms with E-state index in [1.807, 2.05) is 0 Å². The molecule has 1 saturated carbocycles. The molecular weight excluding hydrogens is 479 g/mol. The maximum Gasteiger partial charge on any atom is 0.460 e. The first kappa shape index (κ1) is 26.2. The Labute approximate surface area is 171 Å². The summed E-state index contributed by atoms with van der Waals surface area (Å²) in [5.74, 6) is -43.6. The number of benzene rings is 1. The minimum absolute atomic E-state index is 0.195. The lowest BCUT2D eigenvalue weighted by Gasteiger charge is -2.43. The van der Waals surface area contributed by atoms with E-state index in [9.17, 15) is 61.9 Å². The van der Waals surface area contributed by atoms with Gasteiger partial charge in [0.2, 0.25) is 0 Å². The minimum Gasteiger partial charge on any atom is -0.299 e. The van der Waals surface area contributed by atoms with Crippen molar-refractivity contribution in [3.8, 4) is 0 Å². The van der Waals surface area contributed by atoms with Gasteiger partial charge in [0.05, 0.1) is 5.92 Å². The highest BCUT2D eigenvalue weighted by atomic mass is 19.4. The van der Waals surface area contributed by atoms with E-state index in [2.05, 4.69) is 0 Å². The van der Waals surface area contributed by atoms with Crippen LogP contribution in [0.25, 0.3) is 0 Å². The van der Waals surface area contributed by atoms with E-state index in [4.69, 9.17) is 0 Å². The molecule has 0 bridgehead atoms. The van der Waals surface area contributed by atoms with Crippen molar-refractivity contribution in [2.24, 2.45) is 5.92 Å². The highest BCUT2D eigenvalue weighted by molar-refractivity contribution is 5.83. The van der Waals surface area contributed by atoms with Gasteiger partial charge in [0.1, 0.15) is 5.78 Å². The van der Waals surface area contributed by atoms with Crippen molar-refractivity contribution in [2.75, 3.05) is 0 Å². The molecular formula is C18H13F13O. The zero-order chi connectivity index (χ0) is 25.0. The Kier molecular flexibility index (Phi) is 6.38. The second kappa shape index (κ2) is 7.79. The summed E-state index contributed by atoms with van der Waals surface area (Å²) in [6.07, 6.45) is -9.77. The molecule has 32 heavy (non-hydrogen) atoms. The zero-order valence-electron chi connectivity index (χ0n) is 15.5. The number of halogens is 13. The molecule has 14 heteroatoms. The van der Waals surface area contributed by atoms with Crippen LogP contribution in [0.5, 0.6) is 0 Å². The molecule has 1 aromatic rings. The molecule has 0 N–H and O–H groups in total. The van der Waals surface area contributed by atoms with Crippen molar-refractivity contribution >= 4 is 5.78 Å². The average molecular weight is 492 g/mol. The lowest BCUT2D eigenvalue weighted by atomic mass is 9.72. The molecule has 0 aromatic heterocycles. The molecule has 1 aliphatic rings. The molecule has 1 fully saturated rings. The Morgan fingerprint density at radius 3 is 1.59 bits per heavy atom. The van der Waals surface area contributed by atoms with Crippen LogP contribution in [-0.4, -0.2) is 41.6 Å². The van der Waals surface area contributed by atoms with E-state index in [-0.39, 0.29) is 12.0 Å². The van der Waals surface area contributed by atoms with E-state index < -0.39 is 66.2 Å². The van der Waals surface area contributed by atoms with Crippen LogP contribution in [0.3, 0.4) is 0 Å². The Hall–Kier alpha value is -2.02. The van der Waals surface area contributed by atoms with Gasteiger partial charge in [-0.3, -0.25) is 4.79 Å². The van der Waals surface area contributed by atoms with Crippen LogP contribution in [0.1, 0.15) is 30.7 Å². The SMILES string of the molecule is O=C1CCC(c2ccccc2)CC1C(F)(F)C(F)(F)C(F)(F)C(F)(F)C(F)(F)C(F)(F)F. The van der Waals surface area contributed by atoms with E-state index >= 15 is 0 Å². The lowest BCUT2D eigenvalue weighted by Crippen LogP contribution is -2.71. The third-order valence-electron chi connectivity index (χ3n) is 5.31. The third kappa shape index (κ3) is 3.72. The number of hydrogen-bond acceptors (Lipinski definition) is 1. The van der Waals surface area contributed by atoms with Gasteiger partial charge in [-0.25, -0.2) is 0 Å². The Morgan fingerprint density at radius 2 is 1.12 bits per heavy atom. The standard InChI is InChI=1S/C18H13F13O/c19-13(20,11-8-10(6-7-12(11)32)9-4-2-1-3-5-9)14(21,22)15(23,24)16(25,26)17(27,28)18(29,30)31/h1-5,10-11H,6-8H2. The van der Waals surface area contributed by atoms with Gasteiger partial charge in [-0.15, -0.1) is 0 Å². The number of carbonyl (C=O) groups is 1. The highest BCUT2D eigenvalue weighted by Crippen LogP contribution is 2.62. The van der Waals surface area contributed by atoms with Crippen LogP contribution in [0.4, 0.5) is 57.1 Å². The Balaban J connectivity index is 2.49. The van der Waals surface area contributed by atoms with Crippen molar-refractivity contribution in [1.29, 1.82) is 0 Å². The fourth-order valence-corrected chi connectivity index (χ4v) is 3.40. The quantitative estimate of drug-likeness (QED) is 0.396. The largest absolute Gasteiger partial charge is 0.460 e. The molecule has 0 spiro atoms. The van der Waals surface area contributed by atoms with Gasteiger partial charge in [0.25, 0.3) is 0 Å². The fraction of sp³-hybridized carbons (Fsp3) is 0.611. The molecule has 0 radical (unpaired) electrons. The van der Waals surface area contributed by atoms with E-state index in [0.29, 0.717) is 0 Å². The predicted molar refractivity (Wildman–Crippen MR) is 82.3 cm³/mol. The number of ketones is 1. The second-order valence-electron chi connectivity index (χ2n) is 7.32. The first-order chi connectivity index (χ1) is 14.2. The molecule has 1 nitrogen and oxygen atoms in total. The number of carbonyl (C=O) groups excluding carboxylic acids is 1. The Bertz CT molecular complexity index is 829. The van der Waals surface area contributed by atoms with Crippen LogP contribution in [0.2, 0.25) is 0 Å². The third-order valence-corrected chi connectivity index (χ3v) is 5.31. The monoisotopic (exact) mass is 492 g/mol. The van der Waals surface area contributed by atoms with Crippen LogP contribution in [0, 0.1) is 5.92 Å². The van der Waals surface area contributed by atoms with Gasteiger partial charge >= 0.3 is 35.8 Å². The first-order valence-electron chi connectivity index (χ1n) is 8.77. The van der Waals surface area contributed by atoms with E-state index in [1.165, 1.54) is 30.3 Å². The molecule has 1 aliphatic carbocycles. The summed E-state index contributed by atoms with van der Waals surface area (Å²) in [6.45, 7) is 0. The van der Waals surface area contributed by atoms with Gasteiger partial charge in [-0.1, -0.05) is 30.3 Å². The highest BCUT2D eigenvalue weighted by Gasteiger charge is 2.91. The molecule has 0 aliphatic heterocycles. The average Bonchev–Trinajstić information content (AvgIpc) is 2.67. The van der Waals surface area contributed by atoms with Crippen molar-refractivity contribution in [2.45, 2.75) is 61.0 Å². The van der Waals surface area contributed by atoms with Crippen molar-refractivity contribution in [3.63, 3.8) is 0 Å². The number of alkyl halides is 13. The van der Waals surface area contributed by atoms with E-state index in [1.54, 1.807) is 0 Å². The number of rotatable bonds is 6. The summed E-state index contributed by atoms with van der Waals surface area (Å²) in [5.41, 5.74) is 0.213. The minimum atomic E-state index is -7.97. The number of hydrogen-bond donors (Lipinski definition) is 0. The maximum absolute atomic E-state index is 14.4. The van der Waals surface area contributed by atoms with Gasteiger partial charge in [-0.05, 0) is 24.3 Å². The molecule has 1 aromatic carbocycles. The summed E-state index contributed by atoms with van der Waals surface area (Å²) in [5, 5.41) is 0. The Morgan fingerprint density at radius 1 is 0.656 bits per heavy atom. The topological polar surface area (TPSA) is 17.1 Å². The summed E-state index contributed by atoms with van der Waals surface area (Å²) in [7, 11) is 0. The van der Waals surface area contributed by atoms with Gasteiger partial charge in [0.15, 0.2) is 0 Å². The van der Waals surface area contributed by atoms with Gasteiger partial charge in [0, 0.05) is 6.42 Å². The van der Waals surface area contributed by atoms with Crippen molar-refractivity contribution in [3.05, 3.63) is 35.9 Å². The summed E-state index contributed by atoms with van der Waals surface area (Å²) in [4.78, 5) is 11.8. The lowest BCUT2D eigenvalue weighted by molar-refractivity contribution is -0.442. The molecule has 0 amide bonds. The van der Waals surface area contributed by atoms with Crippen molar-refractivity contribution < 1.29 is 61.9 Å². The van der Waals surface area contributed by atoms with Gasteiger partial charge in [-0.2, -0.15) is 57.1 Å². The normalized spacial score (nSPS) is 22.2. The first-order valence-corrected chi connectivity index (χ1v) is 8.77. The molecule has 182 valence electrons. The van der Waals surface area contributed by atoms with Crippen LogP contribution in [0.15, 0.2) is 30.3 Å². The van der Waals surface area contributed by atoms with Crippen molar-refractivity contribution in [1.82, 2.24) is 0 Å².